The zero-order chi connectivity index (χ0) is 12.6. The maximum Gasteiger partial charge on any atom is 0.294 e. The minimum absolute atomic E-state index is 0.0498. The summed E-state index contributed by atoms with van der Waals surface area (Å²) in [6.07, 6.45) is 0. The fourth-order valence-corrected chi connectivity index (χ4v) is 2.15. The molecule has 2 aromatic carbocycles. The largest absolute Gasteiger partial charge is 0.507 e. The van der Waals surface area contributed by atoms with Crippen LogP contribution in [0.2, 0.25) is 0 Å². The lowest BCUT2D eigenvalue weighted by Gasteiger charge is -2.06. The van der Waals surface area contributed by atoms with E-state index < -0.39 is 10.1 Å². The van der Waals surface area contributed by atoms with Crippen molar-refractivity contribution in [1.29, 1.82) is 0 Å². The Bertz CT molecular complexity index is 679. The first-order valence-electron chi connectivity index (χ1n) is 4.84. The monoisotopic (exact) mass is 253 g/mol. The zero-order valence-corrected chi connectivity index (χ0v) is 9.82. The normalized spacial score (nSPS) is 11.6. The second kappa shape index (κ2) is 3.90. The standard InChI is InChI=1S/C11H11NO4S/c1-12-8-4-7-5-9(17(14,15)16)2-3-10(7)11(13)6-8/h2-6,12-13H,1H3,(H,14,15,16). The third-order valence-corrected chi connectivity index (χ3v) is 3.34. The Balaban J connectivity index is 2.76. The van der Waals surface area contributed by atoms with Gasteiger partial charge in [-0.3, -0.25) is 4.55 Å². The third kappa shape index (κ3) is 2.17. The van der Waals surface area contributed by atoms with Crippen molar-refractivity contribution >= 4 is 26.6 Å². The molecule has 0 radical (unpaired) electrons. The Morgan fingerprint density at radius 2 is 1.88 bits per heavy atom. The number of rotatable bonds is 2. The molecule has 3 N–H and O–H groups in total. The van der Waals surface area contributed by atoms with Crippen LogP contribution in [0.4, 0.5) is 5.69 Å². The third-order valence-electron chi connectivity index (χ3n) is 2.49. The van der Waals surface area contributed by atoms with E-state index in [1.807, 2.05) is 0 Å². The fourth-order valence-electron chi connectivity index (χ4n) is 1.63. The van der Waals surface area contributed by atoms with Crippen molar-refractivity contribution in [3.05, 3.63) is 30.3 Å². The van der Waals surface area contributed by atoms with E-state index >= 15 is 0 Å². The van der Waals surface area contributed by atoms with Crippen LogP contribution in [0.3, 0.4) is 0 Å². The van der Waals surface area contributed by atoms with Crippen LogP contribution in [-0.2, 0) is 10.1 Å². The number of aromatic hydroxyl groups is 1. The van der Waals surface area contributed by atoms with Gasteiger partial charge in [-0.15, -0.1) is 0 Å². The molecule has 5 nitrogen and oxygen atoms in total. The van der Waals surface area contributed by atoms with Crippen molar-refractivity contribution in [2.45, 2.75) is 4.90 Å². The van der Waals surface area contributed by atoms with Gasteiger partial charge in [-0.05, 0) is 29.7 Å². The number of phenolic OH excluding ortho intramolecular Hbond substituents is 1. The van der Waals surface area contributed by atoms with Crippen LogP contribution in [-0.4, -0.2) is 25.1 Å². The Kier molecular flexibility index (Phi) is 2.68. The van der Waals surface area contributed by atoms with Crippen LogP contribution >= 0.6 is 0 Å². The average Bonchev–Trinajstić information content (AvgIpc) is 2.27. The number of hydrogen-bond acceptors (Lipinski definition) is 4. The summed E-state index contributed by atoms with van der Waals surface area (Å²) in [6, 6.07) is 7.23. The number of anilines is 1. The lowest BCUT2D eigenvalue weighted by molar-refractivity contribution is 0.480. The molecule has 0 heterocycles. The van der Waals surface area contributed by atoms with E-state index in [0.717, 1.165) is 0 Å². The van der Waals surface area contributed by atoms with E-state index in [1.54, 1.807) is 13.1 Å². The summed E-state index contributed by atoms with van der Waals surface area (Å²) in [5, 5.41) is 13.6. The molecule has 17 heavy (non-hydrogen) atoms. The summed E-state index contributed by atoms with van der Waals surface area (Å²) in [7, 11) is -2.54. The van der Waals surface area contributed by atoms with Crippen molar-refractivity contribution in [2.75, 3.05) is 12.4 Å². The molecular weight excluding hydrogens is 242 g/mol. The minimum atomic E-state index is -4.23. The van der Waals surface area contributed by atoms with Gasteiger partial charge in [0.1, 0.15) is 5.75 Å². The molecule has 0 saturated carbocycles. The number of benzene rings is 2. The molecule has 6 heteroatoms. The van der Waals surface area contributed by atoms with E-state index in [9.17, 15) is 13.5 Å². The van der Waals surface area contributed by atoms with Gasteiger partial charge in [0.05, 0.1) is 4.90 Å². The van der Waals surface area contributed by atoms with Gasteiger partial charge in [0.15, 0.2) is 0 Å². The smallest absolute Gasteiger partial charge is 0.294 e. The quantitative estimate of drug-likeness (QED) is 0.711. The van der Waals surface area contributed by atoms with E-state index in [1.165, 1.54) is 24.3 Å². The van der Waals surface area contributed by atoms with Gasteiger partial charge in [0.2, 0.25) is 0 Å². The second-order valence-corrected chi connectivity index (χ2v) is 5.02. The topological polar surface area (TPSA) is 86.6 Å². The van der Waals surface area contributed by atoms with E-state index in [2.05, 4.69) is 5.32 Å². The van der Waals surface area contributed by atoms with E-state index in [4.69, 9.17) is 4.55 Å². The summed E-state index contributed by atoms with van der Waals surface area (Å²) in [5.41, 5.74) is 0.655. The Labute approximate surface area is 98.5 Å². The maximum absolute atomic E-state index is 11.0. The molecule has 0 aliphatic rings. The highest BCUT2D eigenvalue weighted by atomic mass is 32.2. The molecule has 2 rings (SSSR count). The predicted molar refractivity (Wildman–Crippen MR) is 65.0 cm³/mol. The van der Waals surface area contributed by atoms with Crippen molar-refractivity contribution in [3.8, 4) is 5.75 Å². The molecule has 0 aliphatic carbocycles. The van der Waals surface area contributed by atoms with Crippen LogP contribution in [0.1, 0.15) is 0 Å². The van der Waals surface area contributed by atoms with Gasteiger partial charge in [-0.1, -0.05) is 0 Å². The van der Waals surface area contributed by atoms with Gasteiger partial charge >= 0.3 is 0 Å². The Morgan fingerprint density at radius 3 is 2.47 bits per heavy atom. The highest BCUT2D eigenvalue weighted by molar-refractivity contribution is 7.85. The summed E-state index contributed by atoms with van der Waals surface area (Å²) in [5.74, 6) is 0.0498. The number of fused-ring (bicyclic) bond motifs is 1. The fraction of sp³-hybridized carbons (Fsp3) is 0.0909. The van der Waals surface area contributed by atoms with Crippen LogP contribution in [0.5, 0.6) is 5.75 Å². The first-order valence-corrected chi connectivity index (χ1v) is 6.28. The maximum atomic E-state index is 11.0. The minimum Gasteiger partial charge on any atom is -0.507 e. The molecule has 0 spiro atoms. The van der Waals surface area contributed by atoms with Crippen molar-refractivity contribution in [2.24, 2.45) is 0 Å². The average molecular weight is 253 g/mol. The van der Waals surface area contributed by atoms with Crippen LogP contribution in [0.15, 0.2) is 35.2 Å². The molecular formula is C11H11NO4S. The summed E-state index contributed by atoms with van der Waals surface area (Å²) < 4.78 is 30.9. The van der Waals surface area contributed by atoms with Gasteiger partial charge < -0.3 is 10.4 Å². The molecule has 0 saturated heterocycles. The van der Waals surface area contributed by atoms with Crippen LogP contribution in [0.25, 0.3) is 10.8 Å². The zero-order valence-electron chi connectivity index (χ0n) is 9.01. The molecule has 2 aromatic rings. The molecule has 0 aromatic heterocycles. The van der Waals surface area contributed by atoms with Gasteiger partial charge in [0, 0.05) is 24.2 Å². The first-order chi connectivity index (χ1) is 7.91. The van der Waals surface area contributed by atoms with Crippen molar-refractivity contribution < 1.29 is 18.1 Å². The SMILES string of the molecule is CNc1cc(O)c2ccc(S(=O)(=O)O)cc2c1. The summed E-state index contributed by atoms with van der Waals surface area (Å²) in [6.45, 7) is 0. The molecule has 0 amide bonds. The molecule has 90 valence electrons. The van der Waals surface area contributed by atoms with Crippen LogP contribution in [0, 0.1) is 0 Å². The Morgan fingerprint density at radius 1 is 1.18 bits per heavy atom. The number of hydrogen-bond donors (Lipinski definition) is 3. The molecule has 0 fully saturated rings. The van der Waals surface area contributed by atoms with E-state index in [0.29, 0.717) is 16.5 Å². The van der Waals surface area contributed by atoms with Gasteiger partial charge in [-0.25, -0.2) is 0 Å². The lowest BCUT2D eigenvalue weighted by Crippen LogP contribution is -1.97. The lowest BCUT2D eigenvalue weighted by atomic mass is 10.1. The first kappa shape index (κ1) is 11.7. The molecule has 0 unspecified atom stereocenters. The van der Waals surface area contributed by atoms with Gasteiger partial charge in [0.25, 0.3) is 10.1 Å². The molecule has 0 aliphatic heterocycles. The predicted octanol–water partition coefficient (Wildman–Crippen LogP) is 1.83. The number of nitrogens with one attached hydrogen (secondary N) is 1. The molecule has 0 bridgehead atoms. The second-order valence-electron chi connectivity index (χ2n) is 3.60. The van der Waals surface area contributed by atoms with E-state index in [-0.39, 0.29) is 10.6 Å². The highest BCUT2D eigenvalue weighted by Gasteiger charge is 2.11. The number of phenols is 1. The van der Waals surface area contributed by atoms with Crippen LogP contribution < -0.4 is 5.32 Å². The van der Waals surface area contributed by atoms with Gasteiger partial charge in [-0.2, -0.15) is 8.42 Å². The Hall–Kier alpha value is -1.79. The summed E-state index contributed by atoms with van der Waals surface area (Å²) in [4.78, 5) is -0.197. The highest BCUT2D eigenvalue weighted by Crippen LogP contribution is 2.30. The van der Waals surface area contributed by atoms with Crippen molar-refractivity contribution in [3.63, 3.8) is 0 Å². The molecule has 0 atom stereocenters. The van der Waals surface area contributed by atoms with Crippen molar-refractivity contribution in [1.82, 2.24) is 0 Å². The summed E-state index contributed by atoms with van der Waals surface area (Å²) >= 11 is 0.